The number of H-pyrrole nitrogens is 1. The Kier molecular flexibility index (Phi) is 4.32. The van der Waals surface area contributed by atoms with Crippen LogP contribution in [0.5, 0.6) is 0 Å². The van der Waals surface area contributed by atoms with Crippen LogP contribution in [0.4, 0.5) is 5.95 Å². The Hall–Kier alpha value is -1.26. The van der Waals surface area contributed by atoms with Crippen molar-refractivity contribution in [2.45, 2.75) is 24.9 Å². The first-order chi connectivity index (χ1) is 10.7. The van der Waals surface area contributed by atoms with Gasteiger partial charge in [-0.25, -0.2) is 0 Å². The van der Waals surface area contributed by atoms with E-state index in [2.05, 4.69) is 15.0 Å². The number of nitrogen functional groups attached to an aromatic ring is 1. The number of nitrogens with zero attached hydrogens (tertiary/aromatic N) is 3. The van der Waals surface area contributed by atoms with Crippen LogP contribution in [0.1, 0.15) is 12.6 Å². The molecule has 1 fully saturated rings. The van der Waals surface area contributed by atoms with Crippen LogP contribution in [0, 0.1) is 0 Å². The van der Waals surface area contributed by atoms with Crippen LogP contribution in [0.15, 0.2) is 11.1 Å². The molecule has 3 heterocycles. The van der Waals surface area contributed by atoms with Crippen molar-refractivity contribution in [3.8, 4) is 0 Å². The van der Waals surface area contributed by atoms with Gasteiger partial charge >= 0.3 is 136 Å². The fraction of sp³-hybridized carbons (Fsp3) is 0.500. The second-order valence-electron chi connectivity index (χ2n) is 4.97. The van der Waals surface area contributed by atoms with Crippen molar-refractivity contribution < 1.29 is 23.8 Å². The third-order valence-electron chi connectivity index (χ3n) is 3.37. The van der Waals surface area contributed by atoms with Gasteiger partial charge in [-0.15, -0.1) is 0 Å². The summed E-state index contributed by atoms with van der Waals surface area (Å²) >= 11 is 2.00. The molecule has 4 unspecified atom stereocenters. The molecule has 1 saturated heterocycles. The third kappa shape index (κ3) is 3.48. The first-order valence-electron chi connectivity index (χ1n) is 6.49. The first kappa shape index (κ1) is 16.6. The predicted octanol–water partition coefficient (Wildman–Crippen LogP) is -1.36. The summed E-state index contributed by atoms with van der Waals surface area (Å²) < 4.78 is 22.9. The number of aromatic amines is 1. The number of fused-ring (bicyclic) bond motifs is 1. The number of aliphatic hydroxyl groups excluding tert-OH is 1. The number of imidazole rings is 1. The Morgan fingerprint density at radius 2 is 2.39 bits per heavy atom. The molecule has 0 aromatic carbocycles. The molecule has 13 heteroatoms. The fourth-order valence-corrected chi connectivity index (χ4v) is 3.08. The maximum atomic E-state index is 11.7. The normalized spacial score (nSPS) is 27.3. The van der Waals surface area contributed by atoms with E-state index in [1.54, 1.807) is 0 Å². The molecule has 3 rings (SSSR count). The number of hydrogen-bond acceptors (Lipinski definition) is 8. The molecule has 0 spiro atoms. The summed E-state index contributed by atoms with van der Waals surface area (Å²) in [4.78, 5) is 31.1. The van der Waals surface area contributed by atoms with E-state index in [1.165, 1.54) is 10.9 Å². The minimum absolute atomic E-state index is 0.0644. The molecule has 0 amide bonds. The van der Waals surface area contributed by atoms with E-state index in [-0.39, 0.29) is 30.1 Å². The maximum absolute atomic E-state index is 11.7. The molecule has 2 aromatic heterocycles. The van der Waals surface area contributed by atoms with Gasteiger partial charge in [0.25, 0.3) is 0 Å². The van der Waals surface area contributed by atoms with Gasteiger partial charge in [-0.05, 0) is 0 Å². The molecule has 4 atom stereocenters. The number of nitrogens with two attached hydrogens (primary N) is 1. The van der Waals surface area contributed by atoms with Crippen LogP contribution in [0.3, 0.4) is 0 Å². The zero-order chi connectivity index (χ0) is 16.8. The third-order valence-corrected chi connectivity index (χ3v) is 4.51. The standard InChI is InChI=1S/C10H13N5O6PSe/c11-10-13-8-7(9(17)14-10)12-3-15(8)6-1-4(16)5(21-6)2-20-22(18,19)23/h3-6,16H,1-2H2,(H,18,19)(H3,11,13,14,17). The van der Waals surface area contributed by atoms with Gasteiger partial charge in [0.2, 0.25) is 0 Å². The first-order valence-corrected chi connectivity index (χ1v) is 10.3. The van der Waals surface area contributed by atoms with Gasteiger partial charge in [-0.3, -0.25) is 0 Å². The number of ether oxygens (including phenoxy) is 1. The van der Waals surface area contributed by atoms with E-state index in [0.29, 0.717) is 0 Å². The van der Waals surface area contributed by atoms with E-state index in [4.69, 9.17) is 19.9 Å². The zero-order valence-electron chi connectivity index (χ0n) is 11.5. The van der Waals surface area contributed by atoms with Gasteiger partial charge in [0, 0.05) is 0 Å². The molecule has 0 aliphatic carbocycles. The number of aromatic nitrogens is 4. The Morgan fingerprint density at radius 3 is 3.09 bits per heavy atom. The van der Waals surface area contributed by atoms with Crippen molar-refractivity contribution in [1.82, 2.24) is 19.5 Å². The molecule has 2 aromatic rings. The molecule has 11 nitrogen and oxygen atoms in total. The van der Waals surface area contributed by atoms with E-state index in [0.717, 1.165) is 0 Å². The van der Waals surface area contributed by atoms with Crippen LogP contribution in [0.25, 0.3) is 11.2 Å². The van der Waals surface area contributed by atoms with E-state index >= 15 is 0 Å². The molecule has 1 radical (unpaired) electrons. The van der Waals surface area contributed by atoms with Gasteiger partial charge in [0.1, 0.15) is 0 Å². The summed E-state index contributed by atoms with van der Waals surface area (Å²) in [7, 11) is 0. The van der Waals surface area contributed by atoms with Crippen molar-refractivity contribution in [2.24, 2.45) is 0 Å². The number of aliphatic hydroxyl groups is 1. The molecule has 125 valence electrons. The molecule has 1 aliphatic rings. The molecular formula is C10H13N5O6PSe. The second-order valence-corrected chi connectivity index (χ2v) is 9.07. The van der Waals surface area contributed by atoms with Crippen LogP contribution in [-0.2, 0) is 13.8 Å². The SMILES string of the molecule is Nc1nc2c(ncn2C2CC(O)C(COP(=O)(O)[Se])O2)c(=O)[nH]1. The van der Waals surface area contributed by atoms with Gasteiger partial charge in [-0.1, -0.05) is 0 Å². The van der Waals surface area contributed by atoms with Crippen LogP contribution < -0.4 is 11.3 Å². The summed E-state index contributed by atoms with van der Waals surface area (Å²) in [6.07, 6.45) is -4.62. The Bertz CT molecular complexity index is 833. The molecular weight excluding hydrogens is 396 g/mol. The van der Waals surface area contributed by atoms with Gasteiger partial charge in [0.05, 0.1) is 0 Å². The minimum atomic E-state index is -3.79. The van der Waals surface area contributed by atoms with Gasteiger partial charge in [0.15, 0.2) is 0 Å². The van der Waals surface area contributed by atoms with Crippen molar-refractivity contribution in [1.29, 1.82) is 0 Å². The Morgan fingerprint density at radius 1 is 1.65 bits per heavy atom. The Labute approximate surface area is 136 Å². The van der Waals surface area contributed by atoms with Crippen LogP contribution in [-0.4, -0.2) is 63.9 Å². The number of nitrogens with one attached hydrogen (secondary N) is 1. The molecule has 5 N–H and O–H groups in total. The topological polar surface area (TPSA) is 166 Å². The molecule has 1 aliphatic heterocycles. The Balaban J connectivity index is 1.84. The van der Waals surface area contributed by atoms with Gasteiger partial charge < -0.3 is 0 Å². The number of rotatable bonds is 4. The van der Waals surface area contributed by atoms with Crippen LogP contribution in [0.2, 0.25) is 0 Å². The average Bonchev–Trinajstić information content (AvgIpc) is 2.99. The summed E-state index contributed by atoms with van der Waals surface area (Å²) in [5.74, 6) is -0.0644. The molecule has 0 saturated carbocycles. The second kappa shape index (κ2) is 5.99. The molecule has 23 heavy (non-hydrogen) atoms. The average molecular weight is 409 g/mol. The van der Waals surface area contributed by atoms with Crippen LogP contribution >= 0.6 is 6.29 Å². The van der Waals surface area contributed by atoms with E-state index in [9.17, 15) is 14.5 Å². The monoisotopic (exact) mass is 410 g/mol. The summed E-state index contributed by atoms with van der Waals surface area (Å²) in [5.41, 5.74) is 5.36. The van der Waals surface area contributed by atoms with E-state index < -0.39 is 30.3 Å². The van der Waals surface area contributed by atoms with Crippen molar-refractivity contribution in [3.05, 3.63) is 16.7 Å². The number of anilines is 1. The summed E-state index contributed by atoms with van der Waals surface area (Å²) in [6, 6.07) is 0. The van der Waals surface area contributed by atoms with Gasteiger partial charge in [-0.2, -0.15) is 0 Å². The van der Waals surface area contributed by atoms with Crippen molar-refractivity contribution >= 4 is 39.0 Å². The fourth-order valence-electron chi connectivity index (χ4n) is 2.36. The summed E-state index contributed by atoms with van der Waals surface area (Å²) in [6.45, 7) is -0.263. The quantitative estimate of drug-likeness (QED) is 0.352. The predicted molar refractivity (Wildman–Crippen MR) is 78.6 cm³/mol. The summed E-state index contributed by atoms with van der Waals surface area (Å²) in [5, 5.41) is 10.0. The zero-order valence-corrected chi connectivity index (χ0v) is 14.1. The van der Waals surface area contributed by atoms with E-state index in [1.807, 2.05) is 15.6 Å². The van der Waals surface area contributed by atoms with Crippen molar-refractivity contribution in [2.75, 3.05) is 12.3 Å². The number of hydrogen-bond donors (Lipinski definition) is 4. The van der Waals surface area contributed by atoms with Crippen molar-refractivity contribution in [3.63, 3.8) is 0 Å². The molecule has 0 bridgehead atoms.